The summed E-state index contributed by atoms with van der Waals surface area (Å²) in [6.45, 7) is 2.09. The van der Waals surface area contributed by atoms with E-state index in [9.17, 15) is 5.26 Å². The lowest BCUT2D eigenvalue weighted by Gasteiger charge is -2.20. The van der Waals surface area contributed by atoms with Crippen LogP contribution in [0.4, 0.5) is 0 Å². The molecule has 5 nitrogen and oxygen atoms in total. The SMILES string of the molecule is CC(c1nnc(SCc2ccccc2C#N)n1-c1ccc(Cl)cc1)N(C)C. The molecular weight excluding hydrogens is 378 g/mol. The summed E-state index contributed by atoms with van der Waals surface area (Å²) in [5.41, 5.74) is 2.63. The Bertz CT molecular complexity index is 959. The summed E-state index contributed by atoms with van der Waals surface area (Å²) < 4.78 is 2.06. The number of rotatable bonds is 6. The predicted octanol–water partition coefficient (Wildman–Crippen LogP) is 4.71. The van der Waals surface area contributed by atoms with E-state index >= 15 is 0 Å². The second-order valence-electron chi connectivity index (χ2n) is 6.35. The Morgan fingerprint density at radius 2 is 1.85 bits per heavy atom. The average Bonchev–Trinajstić information content (AvgIpc) is 3.10. The molecule has 3 aromatic rings. The molecule has 27 heavy (non-hydrogen) atoms. The quantitative estimate of drug-likeness (QED) is 0.564. The molecule has 3 rings (SSSR count). The molecule has 0 saturated carbocycles. The van der Waals surface area contributed by atoms with E-state index in [0.717, 1.165) is 22.2 Å². The second-order valence-corrected chi connectivity index (χ2v) is 7.73. The standard InChI is InChI=1S/C20H20ClN5S/c1-14(25(2)3)19-23-24-20(26(19)18-10-8-17(21)9-11-18)27-13-16-7-5-4-6-15(16)12-22/h4-11,14H,13H2,1-3H3. The Morgan fingerprint density at radius 3 is 2.52 bits per heavy atom. The number of hydrogen-bond donors (Lipinski definition) is 0. The lowest BCUT2D eigenvalue weighted by Crippen LogP contribution is -2.20. The van der Waals surface area contributed by atoms with E-state index in [-0.39, 0.29) is 6.04 Å². The second kappa shape index (κ2) is 8.57. The number of benzene rings is 2. The summed E-state index contributed by atoms with van der Waals surface area (Å²) in [5, 5.41) is 19.6. The van der Waals surface area contributed by atoms with Gasteiger partial charge in [-0.05, 0) is 56.9 Å². The third-order valence-corrected chi connectivity index (χ3v) is 5.62. The fourth-order valence-corrected chi connectivity index (χ4v) is 3.70. The molecule has 0 aliphatic heterocycles. The summed E-state index contributed by atoms with van der Waals surface area (Å²) in [5.74, 6) is 1.50. The van der Waals surface area contributed by atoms with Crippen molar-refractivity contribution in [3.63, 3.8) is 0 Å². The van der Waals surface area contributed by atoms with E-state index in [0.29, 0.717) is 16.3 Å². The van der Waals surface area contributed by atoms with Crippen LogP contribution >= 0.6 is 23.4 Å². The van der Waals surface area contributed by atoms with Crippen molar-refractivity contribution in [3.05, 3.63) is 70.5 Å². The summed E-state index contributed by atoms with van der Waals surface area (Å²) in [6.07, 6.45) is 0. The smallest absolute Gasteiger partial charge is 0.196 e. The topological polar surface area (TPSA) is 57.7 Å². The first-order valence-electron chi connectivity index (χ1n) is 8.49. The molecule has 0 radical (unpaired) electrons. The number of nitriles is 1. The maximum Gasteiger partial charge on any atom is 0.196 e. The first-order valence-corrected chi connectivity index (χ1v) is 9.86. The molecular formula is C20H20ClN5S. The van der Waals surface area contributed by atoms with E-state index in [4.69, 9.17) is 11.6 Å². The lowest BCUT2D eigenvalue weighted by atomic mass is 10.1. The highest BCUT2D eigenvalue weighted by Crippen LogP contribution is 2.29. The van der Waals surface area contributed by atoms with Crippen molar-refractivity contribution in [2.75, 3.05) is 14.1 Å². The summed E-state index contributed by atoms with van der Waals surface area (Å²) in [4.78, 5) is 2.09. The highest BCUT2D eigenvalue weighted by Gasteiger charge is 2.21. The maximum atomic E-state index is 9.30. The Hall–Kier alpha value is -2.33. The maximum absolute atomic E-state index is 9.30. The Labute approximate surface area is 168 Å². The van der Waals surface area contributed by atoms with Crippen LogP contribution in [0.1, 0.15) is 29.9 Å². The van der Waals surface area contributed by atoms with E-state index in [1.54, 1.807) is 11.8 Å². The van der Waals surface area contributed by atoms with Gasteiger partial charge in [-0.25, -0.2) is 0 Å². The van der Waals surface area contributed by atoms with Crippen LogP contribution in [0.25, 0.3) is 5.69 Å². The Kier molecular flexibility index (Phi) is 6.17. The molecule has 0 aliphatic carbocycles. The Morgan fingerprint density at radius 1 is 1.15 bits per heavy atom. The van der Waals surface area contributed by atoms with Crippen molar-refractivity contribution >= 4 is 23.4 Å². The molecule has 0 amide bonds. The van der Waals surface area contributed by atoms with Gasteiger partial charge in [0.2, 0.25) is 0 Å². The van der Waals surface area contributed by atoms with E-state index in [1.165, 1.54) is 0 Å². The molecule has 1 atom stereocenters. The third-order valence-electron chi connectivity index (χ3n) is 4.39. The van der Waals surface area contributed by atoms with Gasteiger partial charge in [0.05, 0.1) is 17.7 Å². The fraction of sp³-hybridized carbons (Fsp3) is 0.250. The van der Waals surface area contributed by atoms with Crippen LogP contribution in [0, 0.1) is 11.3 Å². The minimum absolute atomic E-state index is 0.0916. The predicted molar refractivity (Wildman–Crippen MR) is 109 cm³/mol. The molecule has 1 aromatic heterocycles. The zero-order valence-corrected chi connectivity index (χ0v) is 17.0. The van der Waals surface area contributed by atoms with Gasteiger partial charge in [0.15, 0.2) is 11.0 Å². The van der Waals surface area contributed by atoms with Crippen LogP contribution in [0.5, 0.6) is 0 Å². The molecule has 0 aliphatic rings. The minimum atomic E-state index is 0.0916. The highest BCUT2D eigenvalue weighted by molar-refractivity contribution is 7.98. The van der Waals surface area contributed by atoms with Gasteiger partial charge in [-0.2, -0.15) is 5.26 Å². The fourth-order valence-electron chi connectivity index (χ4n) is 2.61. The monoisotopic (exact) mass is 397 g/mol. The van der Waals surface area contributed by atoms with Crippen LogP contribution in [0.3, 0.4) is 0 Å². The van der Waals surface area contributed by atoms with Gasteiger partial charge in [-0.1, -0.05) is 41.6 Å². The van der Waals surface area contributed by atoms with Crippen LogP contribution < -0.4 is 0 Å². The number of thioether (sulfide) groups is 1. The summed E-state index contributed by atoms with van der Waals surface area (Å²) >= 11 is 7.62. The minimum Gasteiger partial charge on any atom is -0.300 e. The molecule has 0 saturated heterocycles. The van der Waals surface area contributed by atoms with Gasteiger partial charge in [-0.3, -0.25) is 9.47 Å². The van der Waals surface area contributed by atoms with Gasteiger partial charge < -0.3 is 0 Å². The molecule has 7 heteroatoms. The van der Waals surface area contributed by atoms with Crippen LogP contribution in [-0.2, 0) is 5.75 Å². The zero-order chi connectivity index (χ0) is 19.4. The van der Waals surface area contributed by atoms with Crippen molar-refractivity contribution in [1.82, 2.24) is 19.7 Å². The lowest BCUT2D eigenvalue weighted by molar-refractivity contribution is 0.305. The normalized spacial score (nSPS) is 12.1. The number of aromatic nitrogens is 3. The van der Waals surface area contributed by atoms with Gasteiger partial charge in [-0.15, -0.1) is 10.2 Å². The van der Waals surface area contributed by atoms with Gasteiger partial charge in [0.25, 0.3) is 0 Å². The first-order chi connectivity index (χ1) is 13.0. The van der Waals surface area contributed by atoms with Crippen molar-refractivity contribution in [2.24, 2.45) is 0 Å². The first kappa shape index (κ1) is 19.4. The molecule has 138 valence electrons. The van der Waals surface area contributed by atoms with E-state index in [1.807, 2.05) is 62.6 Å². The highest BCUT2D eigenvalue weighted by atomic mass is 35.5. The molecule has 0 spiro atoms. The summed E-state index contributed by atoms with van der Waals surface area (Å²) in [7, 11) is 4.03. The van der Waals surface area contributed by atoms with Gasteiger partial charge in [0, 0.05) is 16.5 Å². The number of nitrogens with zero attached hydrogens (tertiary/aromatic N) is 5. The molecule has 0 bridgehead atoms. The average molecular weight is 398 g/mol. The number of hydrogen-bond acceptors (Lipinski definition) is 5. The van der Waals surface area contributed by atoms with E-state index in [2.05, 4.69) is 32.7 Å². The van der Waals surface area contributed by atoms with Crippen molar-refractivity contribution in [1.29, 1.82) is 5.26 Å². The Balaban J connectivity index is 1.97. The van der Waals surface area contributed by atoms with Crippen molar-refractivity contribution in [3.8, 4) is 11.8 Å². The molecule has 1 heterocycles. The van der Waals surface area contributed by atoms with Crippen LogP contribution in [-0.4, -0.2) is 33.8 Å². The summed E-state index contributed by atoms with van der Waals surface area (Å²) in [6, 6.07) is 17.6. The largest absolute Gasteiger partial charge is 0.300 e. The van der Waals surface area contributed by atoms with Crippen molar-refractivity contribution < 1.29 is 0 Å². The van der Waals surface area contributed by atoms with Gasteiger partial charge >= 0.3 is 0 Å². The zero-order valence-electron chi connectivity index (χ0n) is 15.4. The van der Waals surface area contributed by atoms with Gasteiger partial charge in [0.1, 0.15) is 0 Å². The van der Waals surface area contributed by atoms with Crippen LogP contribution in [0.15, 0.2) is 53.7 Å². The molecule has 0 N–H and O–H groups in total. The molecule has 2 aromatic carbocycles. The number of halogens is 1. The van der Waals surface area contributed by atoms with E-state index < -0.39 is 0 Å². The van der Waals surface area contributed by atoms with Crippen molar-refractivity contribution in [2.45, 2.75) is 23.9 Å². The van der Waals surface area contributed by atoms with Crippen LogP contribution in [0.2, 0.25) is 5.02 Å². The molecule has 1 unspecified atom stereocenters. The third kappa shape index (κ3) is 4.33. The molecule has 0 fully saturated rings.